The van der Waals surface area contributed by atoms with Crippen LogP contribution in [0.5, 0.6) is 5.75 Å². The number of rotatable bonds is 11. The molecule has 0 fully saturated rings. The summed E-state index contributed by atoms with van der Waals surface area (Å²) >= 11 is 0. The number of methoxy groups -OCH3 is 1. The summed E-state index contributed by atoms with van der Waals surface area (Å²) in [6, 6.07) is 7.72. The Kier molecular flexibility index (Phi) is 10.5. The van der Waals surface area contributed by atoms with E-state index in [9.17, 15) is 4.79 Å². The molecule has 0 aliphatic carbocycles. The van der Waals surface area contributed by atoms with Crippen molar-refractivity contribution in [2.45, 2.75) is 13.5 Å². The predicted molar refractivity (Wildman–Crippen MR) is 99.8 cm³/mol. The van der Waals surface area contributed by atoms with Crippen LogP contribution >= 0.6 is 0 Å². The number of carbonyl (C=O) groups excluding carboxylic acids is 1. The average Bonchev–Trinajstić information content (AvgIpc) is 2.63. The second kappa shape index (κ2) is 12.8. The van der Waals surface area contributed by atoms with Crippen molar-refractivity contribution in [2.75, 3.05) is 40.0 Å². The highest BCUT2D eigenvalue weighted by Gasteiger charge is 2.05. The number of ether oxygens (including phenoxy) is 2. The Morgan fingerprint density at radius 1 is 1.28 bits per heavy atom. The Labute approximate surface area is 149 Å². The van der Waals surface area contributed by atoms with Gasteiger partial charge in [-0.15, -0.1) is 0 Å². The predicted octanol–water partition coefficient (Wildman–Crippen LogP) is 1.07. The van der Waals surface area contributed by atoms with E-state index in [4.69, 9.17) is 9.47 Å². The average molecular weight is 348 g/mol. The fourth-order valence-corrected chi connectivity index (χ4v) is 1.95. The van der Waals surface area contributed by atoms with Crippen molar-refractivity contribution in [1.29, 1.82) is 0 Å². The van der Waals surface area contributed by atoms with Crippen molar-refractivity contribution in [3.05, 3.63) is 42.5 Å². The van der Waals surface area contributed by atoms with Crippen LogP contribution in [0.15, 0.2) is 41.9 Å². The molecule has 1 rings (SSSR count). The molecular weight excluding hydrogens is 320 g/mol. The van der Waals surface area contributed by atoms with Gasteiger partial charge in [0.15, 0.2) is 5.96 Å². The molecule has 0 atom stereocenters. The lowest BCUT2D eigenvalue weighted by atomic mass is 10.2. The van der Waals surface area contributed by atoms with Crippen molar-refractivity contribution in [3.63, 3.8) is 0 Å². The minimum absolute atomic E-state index is 0.114. The molecule has 1 aromatic carbocycles. The number of nitrogens with one attached hydrogen (secondary N) is 3. The summed E-state index contributed by atoms with van der Waals surface area (Å²) in [6.45, 7) is 8.32. The topological polar surface area (TPSA) is 84.0 Å². The third-order valence-electron chi connectivity index (χ3n) is 3.13. The molecule has 0 aromatic heterocycles. The van der Waals surface area contributed by atoms with Gasteiger partial charge < -0.3 is 25.4 Å². The molecule has 138 valence electrons. The van der Waals surface area contributed by atoms with Crippen LogP contribution in [0, 0.1) is 0 Å². The summed E-state index contributed by atoms with van der Waals surface area (Å²) in [6.07, 6.45) is 1.70. The normalized spacial score (nSPS) is 10.9. The fourth-order valence-electron chi connectivity index (χ4n) is 1.95. The first-order valence-corrected chi connectivity index (χ1v) is 8.30. The standard InChI is InChI=1S/C18H28N4O3/c1-4-11-25-16-9-7-6-8-15(16)13-21-18(19-5-2)22-14-17(23)20-10-12-24-3/h4,6-9H,1,5,10-14H2,2-3H3,(H,20,23)(H2,19,21,22). The van der Waals surface area contributed by atoms with Crippen LogP contribution < -0.4 is 20.7 Å². The van der Waals surface area contributed by atoms with Crippen molar-refractivity contribution >= 4 is 11.9 Å². The van der Waals surface area contributed by atoms with Gasteiger partial charge in [-0.25, -0.2) is 4.99 Å². The third-order valence-corrected chi connectivity index (χ3v) is 3.13. The minimum Gasteiger partial charge on any atom is -0.489 e. The third kappa shape index (κ3) is 8.76. The first-order valence-electron chi connectivity index (χ1n) is 8.30. The number of benzene rings is 1. The number of hydrogen-bond donors (Lipinski definition) is 3. The lowest BCUT2D eigenvalue weighted by Crippen LogP contribution is -2.43. The van der Waals surface area contributed by atoms with Gasteiger partial charge in [0.2, 0.25) is 5.91 Å². The molecule has 7 nitrogen and oxygen atoms in total. The Bertz CT molecular complexity index is 561. The van der Waals surface area contributed by atoms with Crippen LogP contribution in [0.25, 0.3) is 0 Å². The Morgan fingerprint density at radius 2 is 2.08 bits per heavy atom. The van der Waals surface area contributed by atoms with Gasteiger partial charge in [-0.05, 0) is 13.0 Å². The van der Waals surface area contributed by atoms with E-state index in [-0.39, 0.29) is 12.5 Å². The molecule has 0 aliphatic rings. The highest BCUT2D eigenvalue weighted by atomic mass is 16.5. The van der Waals surface area contributed by atoms with E-state index in [1.807, 2.05) is 31.2 Å². The molecule has 3 N–H and O–H groups in total. The molecule has 0 heterocycles. The van der Waals surface area contributed by atoms with Crippen LogP contribution in [-0.4, -0.2) is 51.8 Å². The van der Waals surface area contributed by atoms with Crippen molar-refractivity contribution in [1.82, 2.24) is 16.0 Å². The summed E-state index contributed by atoms with van der Waals surface area (Å²) in [5, 5.41) is 8.87. The number of carbonyl (C=O) groups is 1. The van der Waals surface area contributed by atoms with Crippen molar-refractivity contribution in [3.8, 4) is 5.75 Å². The van der Waals surface area contributed by atoms with Gasteiger partial charge in [-0.2, -0.15) is 0 Å². The van der Waals surface area contributed by atoms with Crippen LogP contribution in [0.3, 0.4) is 0 Å². The van der Waals surface area contributed by atoms with Gasteiger partial charge in [0, 0.05) is 25.8 Å². The van der Waals surface area contributed by atoms with E-state index < -0.39 is 0 Å². The molecule has 25 heavy (non-hydrogen) atoms. The van der Waals surface area contributed by atoms with Gasteiger partial charge in [-0.3, -0.25) is 4.79 Å². The van der Waals surface area contributed by atoms with Crippen LogP contribution in [0.4, 0.5) is 0 Å². The molecule has 0 saturated carbocycles. The molecule has 0 bridgehead atoms. The Balaban J connectivity index is 2.60. The van der Waals surface area contributed by atoms with Crippen LogP contribution in [-0.2, 0) is 16.1 Å². The molecule has 1 amide bonds. The maximum absolute atomic E-state index is 11.7. The van der Waals surface area contributed by atoms with Crippen molar-refractivity contribution < 1.29 is 14.3 Å². The smallest absolute Gasteiger partial charge is 0.239 e. The lowest BCUT2D eigenvalue weighted by molar-refractivity contribution is -0.120. The molecular formula is C18H28N4O3. The lowest BCUT2D eigenvalue weighted by Gasteiger charge is -2.12. The number of hydrogen-bond acceptors (Lipinski definition) is 4. The molecule has 0 radical (unpaired) electrons. The first-order chi connectivity index (χ1) is 12.2. The maximum atomic E-state index is 11.7. The Morgan fingerprint density at radius 3 is 2.80 bits per heavy atom. The molecule has 0 aliphatic heterocycles. The summed E-state index contributed by atoms with van der Waals surface area (Å²) < 4.78 is 10.5. The van der Waals surface area contributed by atoms with E-state index in [0.717, 1.165) is 11.3 Å². The van der Waals surface area contributed by atoms with E-state index in [0.29, 0.717) is 38.8 Å². The summed E-state index contributed by atoms with van der Waals surface area (Å²) in [7, 11) is 1.59. The zero-order valence-electron chi connectivity index (χ0n) is 15.0. The monoisotopic (exact) mass is 348 g/mol. The largest absolute Gasteiger partial charge is 0.489 e. The molecule has 1 aromatic rings. The highest BCUT2D eigenvalue weighted by Crippen LogP contribution is 2.18. The van der Waals surface area contributed by atoms with Gasteiger partial charge >= 0.3 is 0 Å². The molecule has 0 spiro atoms. The van der Waals surface area contributed by atoms with Crippen molar-refractivity contribution in [2.24, 2.45) is 4.99 Å². The zero-order chi connectivity index (χ0) is 18.3. The fraction of sp³-hybridized carbons (Fsp3) is 0.444. The minimum atomic E-state index is -0.114. The van der Waals surface area contributed by atoms with Gasteiger partial charge in [0.05, 0.1) is 19.7 Å². The van der Waals surface area contributed by atoms with E-state index in [1.165, 1.54) is 0 Å². The number of amides is 1. The number of para-hydroxylation sites is 1. The Hall–Kier alpha value is -2.54. The van der Waals surface area contributed by atoms with Gasteiger partial charge in [0.1, 0.15) is 12.4 Å². The number of aliphatic imine (C=N–C) groups is 1. The highest BCUT2D eigenvalue weighted by molar-refractivity contribution is 5.86. The molecule has 0 unspecified atom stereocenters. The van der Waals surface area contributed by atoms with E-state index >= 15 is 0 Å². The first kappa shape index (κ1) is 20.5. The maximum Gasteiger partial charge on any atom is 0.239 e. The van der Waals surface area contributed by atoms with Gasteiger partial charge in [0.25, 0.3) is 0 Å². The summed E-state index contributed by atoms with van der Waals surface area (Å²) in [5.74, 6) is 1.24. The second-order valence-corrected chi connectivity index (χ2v) is 5.10. The quantitative estimate of drug-likeness (QED) is 0.241. The molecule has 7 heteroatoms. The van der Waals surface area contributed by atoms with E-state index in [2.05, 4.69) is 27.5 Å². The SMILES string of the molecule is C=CCOc1ccccc1CN=C(NCC)NCC(=O)NCCOC. The molecule has 0 saturated heterocycles. The van der Waals surface area contributed by atoms with Gasteiger partial charge in [-0.1, -0.05) is 30.9 Å². The zero-order valence-corrected chi connectivity index (χ0v) is 15.0. The number of guanidine groups is 1. The second-order valence-electron chi connectivity index (χ2n) is 5.10. The van der Waals surface area contributed by atoms with E-state index in [1.54, 1.807) is 13.2 Å². The van der Waals surface area contributed by atoms with Crippen LogP contribution in [0.2, 0.25) is 0 Å². The van der Waals surface area contributed by atoms with Crippen LogP contribution in [0.1, 0.15) is 12.5 Å². The number of nitrogens with zero attached hydrogens (tertiary/aromatic N) is 1. The summed E-state index contributed by atoms with van der Waals surface area (Å²) in [5.41, 5.74) is 0.964. The summed E-state index contributed by atoms with van der Waals surface area (Å²) in [4.78, 5) is 16.2.